The predicted octanol–water partition coefficient (Wildman–Crippen LogP) is 3.44. The summed E-state index contributed by atoms with van der Waals surface area (Å²) in [6, 6.07) is 1.85. The van der Waals surface area contributed by atoms with E-state index in [1.54, 1.807) is 13.4 Å². The number of likely N-dealkylation sites (tertiary alicyclic amines) is 1. The molecule has 0 bridgehead atoms. The summed E-state index contributed by atoms with van der Waals surface area (Å²) in [5, 5.41) is 0. The highest BCUT2D eigenvalue weighted by molar-refractivity contribution is 5.95. The molecule has 1 saturated carbocycles. The number of methoxy groups -OCH3 is 1. The van der Waals surface area contributed by atoms with Gasteiger partial charge in [0.2, 0.25) is 0 Å². The lowest BCUT2D eigenvalue weighted by Crippen LogP contribution is -2.35. The second-order valence-corrected chi connectivity index (χ2v) is 6.37. The van der Waals surface area contributed by atoms with Crippen LogP contribution in [0.5, 0.6) is 0 Å². The van der Waals surface area contributed by atoms with Crippen LogP contribution in [0, 0.1) is 5.92 Å². The van der Waals surface area contributed by atoms with E-state index in [9.17, 15) is 4.79 Å². The molecule has 1 aliphatic carbocycles. The van der Waals surface area contributed by atoms with Crippen molar-refractivity contribution in [1.82, 2.24) is 4.90 Å². The van der Waals surface area contributed by atoms with Crippen LogP contribution in [0.4, 0.5) is 0 Å². The summed E-state index contributed by atoms with van der Waals surface area (Å²) >= 11 is 0. The van der Waals surface area contributed by atoms with Crippen LogP contribution in [-0.2, 0) is 4.74 Å². The minimum Gasteiger partial charge on any atom is -0.468 e. The highest BCUT2D eigenvalue weighted by atomic mass is 16.5. The molecular formula is C17H25NO3. The Balaban J connectivity index is 1.68. The zero-order valence-corrected chi connectivity index (χ0v) is 12.8. The minimum absolute atomic E-state index is 0.162. The molecule has 0 aromatic carbocycles. The summed E-state index contributed by atoms with van der Waals surface area (Å²) in [4.78, 5) is 14.9. The van der Waals surface area contributed by atoms with Crippen molar-refractivity contribution in [1.29, 1.82) is 0 Å². The molecule has 1 amide bonds. The van der Waals surface area contributed by atoms with E-state index in [1.807, 2.05) is 11.0 Å². The molecule has 21 heavy (non-hydrogen) atoms. The molecule has 1 aromatic rings. The Labute approximate surface area is 126 Å². The summed E-state index contributed by atoms with van der Waals surface area (Å²) in [7, 11) is 1.74. The Morgan fingerprint density at radius 2 is 2.24 bits per heavy atom. The fourth-order valence-corrected chi connectivity index (χ4v) is 3.26. The molecular weight excluding hydrogens is 266 g/mol. The monoisotopic (exact) mass is 291 g/mol. The van der Waals surface area contributed by atoms with Crippen molar-refractivity contribution in [2.24, 2.45) is 5.92 Å². The van der Waals surface area contributed by atoms with E-state index in [4.69, 9.17) is 9.15 Å². The van der Waals surface area contributed by atoms with Gasteiger partial charge in [0.25, 0.3) is 5.91 Å². The average molecular weight is 291 g/mol. The van der Waals surface area contributed by atoms with Crippen molar-refractivity contribution in [3.8, 4) is 0 Å². The Morgan fingerprint density at radius 3 is 3.00 bits per heavy atom. The third-order valence-electron chi connectivity index (χ3n) is 4.66. The SMILES string of the molecule is COCC[C@H]1CCCCN(C(=O)c2ccoc2C2CC2)C1. The highest BCUT2D eigenvalue weighted by Gasteiger charge is 2.33. The summed E-state index contributed by atoms with van der Waals surface area (Å²) < 4.78 is 10.7. The topological polar surface area (TPSA) is 42.7 Å². The van der Waals surface area contributed by atoms with E-state index in [0.717, 1.165) is 56.7 Å². The van der Waals surface area contributed by atoms with Gasteiger partial charge in [0.1, 0.15) is 5.76 Å². The average Bonchev–Trinajstić information content (AvgIpc) is 3.27. The molecule has 2 heterocycles. The molecule has 116 valence electrons. The molecule has 4 nitrogen and oxygen atoms in total. The molecule has 4 heteroatoms. The zero-order valence-electron chi connectivity index (χ0n) is 12.8. The number of carbonyl (C=O) groups excluding carboxylic acids is 1. The molecule has 1 atom stereocenters. The highest BCUT2D eigenvalue weighted by Crippen LogP contribution is 2.42. The Bertz CT molecular complexity index is 478. The van der Waals surface area contributed by atoms with E-state index < -0.39 is 0 Å². The van der Waals surface area contributed by atoms with Gasteiger partial charge in [-0.3, -0.25) is 4.79 Å². The van der Waals surface area contributed by atoms with Crippen LogP contribution in [0.25, 0.3) is 0 Å². The maximum absolute atomic E-state index is 12.8. The number of ether oxygens (including phenoxy) is 1. The van der Waals surface area contributed by atoms with E-state index in [2.05, 4.69) is 0 Å². The number of rotatable bonds is 5. The molecule has 0 unspecified atom stereocenters. The normalized spacial score (nSPS) is 23.1. The zero-order chi connectivity index (χ0) is 14.7. The third-order valence-corrected chi connectivity index (χ3v) is 4.66. The van der Waals surface area contributed by atoms with Crippen LogP contribution in [0.2, 0.25) is 0 Å². The van der Waals surface area contributed by atoms with Crippen molar-refractivity contribution in [2.45, 2.75) is 44.4 Å². The first kappa shape index (κ1) is 14.6. The maximum atomic E-state index is 12.8. The lowest BCUT2D eigenvalue weighted by atomic mass is 10.00. The fourth-order valence-electron chi connectivity index (χ4n) is 3.26. The van der Waals surface area contributed by atoms with Gasteiger partial charge in [-0.05, 0) is 44.1 Å². The first-order valence-corrected chi connectivity index (χ1v) is 8.15. The minimum atomic E-state index is 0.162. The van der Waals surface area contributed by atoms with Crippen LogP contribution in [0.3, 0.4) is 0 Å². The molecule has 2 aliphatic rings. The Kier molecular flexibility index (Phi) is 4.63. The van der Waals surface area contributed by atoms with Gasteiger partial charge in [0.15, 0.2) is 0 Å². The number of nitrogens with zero attached hydrogens (tertiary/aromatic N) is 1. The van der Waals surface area contributed by atoms with E-state index >= 15 is 0 Å². The summed E-state index contributed by atoms with van der Waals surface area (Å²) in [6.45, 7) is 2.51. The maximum Gasteiger partial charge on any atom is 0.257 e. The van der Waals surface area contributed by atoms with Crippen LogP contribution in [-0.4, -0.2) is 37.6 Å². The molecule has 1 aromatic heterocycles. The van der Waals surface area contributed by atoms with Crippen molar-refractivity contribution in [3.05, 3.63) is 23.7 Å². The first-order valence-electron chi connectivity index (χ1n) is 8.15. The van der Waals surface area contributed by atoms with Gasteiger partial charge in [0, 0.05) is 32.7 Å². The van der Waals surface area contributed by atoms with E-state index in [0.29, 0.717) is 11.8 Å². The van der Waals surface area contributed by atoms with Crippen LogP contribution >= 0.6 is 0 Å². The standard InChI is InChI=1S/C17H25NO3/c1-20-10-7-13-4-2-3-9-18(12-13)17(19)15-8-11-21-16(15)14-5-6-14/h8,11,13-14H,2-7,9-10,12H2,1H3/t13-/m1/s1. The second-order valence-electron chi connectivity index (χ2n) is 6.37. The summed E-state index contributed by atoms with van der Waals surface area (Å²) in [6.07, 6.45) is 8.54. The molecule has 3 rings (SSSR count). The van der Waals surface area contributed by atoms with Gasteiger partial charge in [-0.25, -0.2) is 0 Å². The van der Waals surface area contributed by atoms with Gasteiger partial charge in [-0.2, -0.15) is 0 Å². The van der Waals surface area contributed by atoms with Gasteiger partial charge < -0.3 is 14.1 Å². The molecule has 1 saturated heterocycles. The molecule has 2 fully saturated rings. The van der Waals surface area contributed by atoms with Gasteiger partial charge >= 0.3 is 0 Å². The predicted molar refractivity (Wildman–Crippen MR) is 80.4 cm³/mol. The number of amides is 1. The molecule has 0 N–H and O–H groups in total. The lowest BCUT2D eigenvalue weighted by molar-refractivity contribution is 0.0725. The van der Waals surface area contributed by atoms with Crippen molar-refractivity contribution >= 4 is 5.91 Å². The van der Waals surface area contributed by atoms with Gasteiger partial charge in [0.05, 0.1) is 11.8 Å². The van der Waals surface area contributed by atoms with Crippen molar-refractivity contribution in [3.63, 3.8) is 0 Å². The van der Waals surface area contributed by atoms with Crippen LogP contribution < -0.4 is 0 Å². The smallest absolute Gasteiger partial charge is 0.257 e. The van der Waals surface area contributed by atoms with Crippen LogP contribution in [0.15, 0.2) is 16.7 Å². The number of hydrogen-bond donors (Lipinski definition) is 0. The van der Waals surface area contributed by atoms with Crippen molar-refractivity contribution < 1.29 is 13.9 Å². The van der Waals surface area contributed by atoms with E-state index in [-0.39, 0.29) is 5.91 Å². The second kappa shape index (κ2) is 6.65. The largest absolute Gasteiger partial charge is 0.468 e. The number of carbonyl (C=O) groups is 1. The van der Waals surface area contributed by atoms with Gasteiger partial charge in [-0.1, -0.05) is 6.42 Å². The van der Waals surface area contributed by atoms with Crippen molar-refractivity contribution in [2.75, 3.05) is 26.8 Å². The summed E-state index contributed by atoms with van der Waals surface area (Å²) in [5.41, 5.74) is 0.796. The first-order chi connectivity index (χ1) is 10.3. The third kappa shape index (κ3) is 3.49. The lowest BCUT2D eigenvalue weighted by Gasteiger charge is -2.24. The molecule has 0 spiro atoms. The fraction of sp³-hybridized carbons (Fsp3) is 0.706. The summed E-state index contributed by atoms with van der Waals surface area (Å²) in [5.74, 6) is 2.12. The number of hydrogen-bond acceptors (Lipinski definition) is 3. The number of furan rings is 1. The molecule has 1 aliphatic heterocycles. The Hall–Kier alpha value is -1.29. The quantitative estimate of drug-likeness (QED) is 0.834. The van der Waals surface area contributed by atoms with Crippen LogP contribution in [0.1, 0.15) is 60.6 Å². The van der Waals surface area contributed by atoms with Gasteiger partial charge in [-0.15, -0.1) is 0 Å². The molecule has 0 radical (unpaired) electrons. The van der Waals surface area contributed by atoms with E-state index in [1.165, 1.54) is 12.8 Å². The Morgan fingerprint density at radius 1 is 1.38 bits per heavy atom.